The molecule has 3 rings (SSSR count). The van der Waals surface area contributed by atoms with Gasteiger partial charge in [-0.3, -0.25) is 0 Å². The molecule has 30 heavy (non-hydrogen) atoms. The van der Waals surface area contributed by atoms with Crippen molar-refractivity contribution in [3.63, 3.8) is 0 Å². The van der Waals surface area contributed by atoms with Crippen LogP contribution in [0.4, 0.5) is 0 Å². The van der Waals surface area contributed by atoms with E-state index in [4.69, 9.17) is 9.47 Å². The van der Waals surface area contributed by atoms with Crippen LogP contribution in [-0.4, -0.2) is 19.5 Å². The van der Waals surface area contributed by atoms with Crippen molar-refractivity contribution in [2.75, 3.05) is 13.2 Å². The Bertz CT molecular complexity index is 503. The predicted molar refractivity (Wildman–Crippen MR) is 123 cm³/mol. The van der Waals surface area contributed by atoms with E-state index in [1.807, 2.05) is 0 Å². The van der Waals surface area contributed by atoms with Crippen LogP contribution in [0.15, 0.2) is 0 Å². The Morgan fingerprint density at radius 2 is 1.27 bits per heavy atom. The zero-order chi connectivity index (χ0) is 21.2. The van der Waals surface area contributed by atoms with Crippen LogP contribution in [0.2, 0.25) is 0 Å². The third-order valence-electron chi connectivity index (χ3n) is 8.52. The van der Waals surface area contributed by atoms with Gasteiger partial charge < -0.3 is 9.47 Å². The quantitative estimate of drug-likeness (QED) is 0.343. The summed E-state index contributed by atoms with van der Waals surface area (Å²) in [7, 11) is 0. The fourth-order valence-electron chi connectivity index (χ4n) is 6.34. The lowest BCUT2D eigenvalue weighted by Gasteiger charge is -2.42. The summed E-state index contributed by atoms with van der Waals surface area (Å²) < 4.78 is 12.3. The summed E-state index contributed by atoms with van der Waals surface area (Å²) in [6, 6.07) is 2.52. The lowest BCUT2D eigenvalue weighted by atomic mass is 9.68. The molecule has 0 aromatic rings. The number of hydrogen-bond donors (Lipinski definition) is 0. The van der Waals surface area contributed by atoms with E-state index in [-0.39, 0.29) is 6.29 Å². The van der Waals surface area contributed by atoms with E-state index in [0.29, 0.717) is 19.1 Å². The first kappa shape index (κ1) is 24.1. The Kier molecular flexibility index (Phi) is 9.98. The van der Waals surface area contributed by atoms with Crippen molar-refractivity contribution in [1.29, 1.82) is 5.26 Å². The van der Waals surface area contributed by atoms with Crippen molar-refractivity contribution in [3.8, 4) is 6.07 Å². The highest BCUT2D eigenvalue weighted by molar-refractivity contribution is 5.01. The zero-order valence-corrected chi connectivity index (χ0v) is 19.9. The Morgan fingerprint density at radius 3 is 1.83 bits per heavy atom. The maximum atomic E-state index is 9.69. The molecule has 3 aliphatic rings. The molecule has 0 radical (unpaired) electrons. The second-order valence-corrected chi connectivity index (χ2v) is 10.8. The van der Waals surface area contributed by atoms with Gasteiger partial charge in [-0.2, -0.15) is 5.26 Å². The highest BCUT2D eigenvalue weighted by Gasteiger charge is 2.41. The van der Waals surface area contributed by atoms with Crippen LogP contribution in [0.25, 0.3) is 0 Å². The molecule has 0 bridgehead atoms. The van der Waals surface area contributed by atoms with Crippen molar-refractivity contribution in [2.24, 2.45) is 29.1 Å². The minimum Gasteiger partial charge on any atom is -0.351 e. The molecule has 0 unspecified atom stereocenters. The van der Waals surface area contributed by atoms with Crippen molar-refractivity contribution < 1.29 is 9.47 Å². The Balaban J connectivity index is 1.35. The molecule has 172 valence electrons. The Labute approximate surface area is 186 Å². The van der Waals surface area contributed by atoms with Crippen LogP contribution >= 0.6 is 0 Å². The fraction of sp³-hybridized carbons (Fsp3) is 0.963. The topological polar surface area (TPSA) is 42.2 Å². The minimum absolute atomic E-state index is 0.0621. The smallest absolute Gasteiger partial charge is 0.160 e. The molecule has 1 aliphatic heterocycles. The van der Waals surface area contributed by atoms with Crippen LogP contribution in [-0.2, 0) is 9.47 Å². The molecule has 3 fully saturated rings. The molecule has 0 amide bonds. The summed E-state index contributed by atoms with van der Waals surface area (Å²) in [5, 5.41) is 9.69. The number of rotatable bonds is 10. The normalized spacial score (nSPS) is 37.6. The van der Waals surface area contributed by atoms with E-state index in [1.54, 1.807) is 0 Å². The predicted octanol–water partition coefficient (Wildman–Crippen LogP) is 7.64. The van der Waals surface area contributed by atoms with Gasteiger partial charge >= 0.3 is 0 Å². The maximum Gasteiger partial charge on any atom is 0.160 e. The first-order valence-electron chi connectivity index (χ1n) is 13.3. The second-order valence-electron chi connectivity index (χ2n) is 10.8. The van der Waals surface area contributed by atoms with Gasteiger partial charge in [-0.1, -0.05) is 71.6 Å². The molecule has 0 aromatic carbocycles. The van der Waals surface area contributed by atoms with Crippen LogP contribution < -0.4 is 0 Å². The lowest BCUT2D eigenvalue weighted by molar-refractivity contribution is -0.244. The Morgan fingerprint density at radius 1 is 0.733 bits per heavy atom. The molecule has 0 spiro atoms. The third-order valence-corrected chi connectivity index (χ3v) is 8.52. The van der Waals surface area contributed by atoms with Gasteiger partial charge in [-0.15, -0.1) is 0 Å². The molecule has 0 atom stereocenters. The van der Waals surface area contributed by atoms with Gasteiger partial charge in [0.05, 0.1) is 19.3 Å². The van der Waals surface area contributed by atoms with E-state index in [0.717, 1.165) is 30.6 Å². The van der Waals surface area contributed by atoms with Crippen LogP contribution in [0, 0.1) is 40.4 Å². The van der Waals surface area contributed by atoms with E-state index < -0.39 is 5.41 Å². The molecular formula is C27H47NO2. The molecule has 1 saturated heterocycles. The summed E-state index contributed by atoms with van der Waals surface area (Å²) in [5.74, 6) is 3.48. The number of hydrogen-bond acceptors (Lipinski definition) is 3. The molecule has 2 saturated carbocycles. The minimum atomic E-state index is -0.404. The molecule has 3 heteroatoms. The first-order chi connectivity index (χ1) is 14.7. The van der Waals surface area contributed by atoms with Gasteiger partial charge in [-0.25, -0.2) is 0 Å². The largest absolute Gasteiger partial charge is 0.351 e. The van der Waals surface area contributed by atoms with Crippen molar-refractivity contribution in [2.45, 2.75) is 123 Å². The number of nitrogens with zero attached hydrogens (tertiary/aromatic N) is 1. The molecular weight excluding hydrogens is 370 g/mol. The molecule has 1 heterocycles. The Hall–Kier alpha value is -0.590. The van der Waals surface area contributed by atoms with Gasteiger partial charge in [-0.05, 0) is 62.7 Å². The summed E-state index contributed by atoms with van der Waals surface area (Å²) in [6.07, 6.45) is 21.2. The summed E-state index contributed by atoms with van der Waals surface area (Å²) in [5.41, 5.74) is -0.404. The van der Waals surface area contributed by atoms with Crippen molar-refractivity contribution >= 4 is 0 Å². The summed E-state index contributed by atoms with van der Waals surface area (Å²) in [4.78, 5) is 0. The fourth-order valence-corrected chi connectivity index (χ4v) is 6.34. The average Bonchev–Trinajstić information content (AvgIpc) is 2.80. The highest BCUT2D eigenvalue weighted by atomic mass is 16.7. The van der Waals surface area contributed by atoms with Crippen LogP contribution in [0.5, 0.6) is 0 Å². The standard InChI is InChI=1S/C27H47NO2/c1-3-5-7-9-22-10-12-23(13-11-22)24-14-16-25(17-15-24)26-29-20-27(19-28,21-30-26)18-8-6-4-2/h22-26H,3-18,20-21H2,1-2H3. The number of ether oxygens (including phenoxy) is 2. The monoisotopic (exact) mass is 417 g/mol. The maximum absolute atomic E-state index is 9.69. The van der Waals surface area contributed by atoms with E-state index >= 15 is 0 Å². The molecule has 0 N–H and O–H groups in total. The van der Waals surface area contributed by atoms with E-state index in [2.05, 4.69) is 19.9 Å². The van der Waals surface area contributed by atoms with Crippen LogP contribution in [0.1, 0.15) is 117 Å². The van der Waals surface area contributed by atoms with E-state index in [9.17, 15) is 5.26 Å². The highest BCUT2D eigenvalue weighted by Crippen LogP contribution is 2.44. The molecule has 2 aliphatic carbocycles. The number of nitriles is 1. The molecule has 0 aromatic heterocycles. The molecule has 3 nitrogen and oxygen atoms in total. The third kappa shape index (κ3) is 6.70. The first-order valence-corrected chi connectivity index (χ1v) is 13.3. The van der Waals surface area contributed by atoms with Gasteiger partial charge in [0.1, 0.15) is 5.41 Å². The van der Waals surface area contributed by atoms with Gasteiger partial charge in [0.15, 0.2) is 6.29 Å². The van der Waals surface area contributed by atoms with Gasteiger partial charge in [0.2, 0.25) is 0 Å². The van der Waals surface area contributed by atoms with Crippen molar-refractivity contribution in [3.05, 3.63) is 0 Å². The summed E-state index contributed by atoms with van der Waals surface area (Å²) in [6.45, 7) is 5.66. The average molecular weight is 418 g/mol. The van der Waals surface area contributed by atoms with Crippen LogP contribution in [0.3, 0.4) is 0 Å². The van der Waals surface area contributed by atoms with E-state index in [1.165, 1.54) is 89.9 Å². The van der Waals surface area contributed by atoms with Gasteiger partial charge in [0.25, 0.3) is 0 Å². The van der Waals surface area contributed by atoms with Crippen molar-refractivity contribution in [1.82, 2.24) is 0 Å². The van der Waals surface area contributed by atoms with Gasteiger partial charge in [0, 0.05) is 5.92 Å². The zero-order valence-electron chi connectivity index (χ0n) is 19.9. The lowest BCUT2D eigenvalue weighted by Crippen LogP contribution is -2.44. The summed E-state index contributed by atoms with van der Waals surface area (Å²) >= 11 is 0. The number of unbranched alkanes of at least 4 members (excludes halogenated alkanes) is 4. The SMILES string of the molecule is CCCCCC1CCC(C2CCC(C3OCC(C#N)(CCCCC)CO3)CC2)CC1. The second kappa shape index (κ2) is 12.4.